The van der Waals surface area contributed by atoms with Crippen LogP contribution in [0.5, 0.6) is 0 Å². The Kier molecular flexibility index (Phi) is 11.7. The summed E-state index contributed by atoms with van der Waals surface area (Å²) in [7, 11) is -5.78. The first-order valence-corrected chi connectivity index (χ1v) is 20.6. The zero-order valence-electron chi connectivity index (χ0n) is 29.3. The summed E-state index contributed by atoms with van der Waals surface area (Å²) >= 11 is 0. The Morgan fingerprint density at radius 1 is 0.617 bits per heavy atom. The first-order valence-electron chi connectivity index (χ1n) is 16.7. The van der Waals surface area contributed by atoms with Gasteiger partial charge in [0.2, 0.25) is 0 Å². The smallest absolute Gasteiger partial charge is 0.261 e. The molecular weight excluding hydrogens is 609 g/mol. The minimum Gasteiger partial charge on any atom is -0.407 e. The molecule has 1 unspecified atom stereocenters. The molecule has 4 aromatic carbocycles. The van der Waals surface area contributed by atoms with Crippen LogP contribution in [0.3, 0.4) is 0 Å². The quantitative estimate of drug-likeness (QED) is 0.0805. The van der Waals surface area contributed by atoms with Gasteiger partial charge in [-0.3, -0.25) is 0 Å². The molecule has 0 spiro atoms. The maximum Gasteiger partial charge on any atom is 0.261 e. The van der Waals surface area contributed by atoms with Crippen molar-refractivity contribution in [1.29, 1.82) is 0 Å². The van der Waals surface area contributed by atoms with Crippen molar-refractivity contribution in [3.63, 3.8) is 0 Å². The highest BCUT2D eigenvalue weighted by Gasteiger charge is 2.54. The molecule has 4 rings (SSSR count). The van der Waals surface area contributed by atoms with Crippen molar-refractivity contribution in [3.05, 3.63) is 121 Å². The van der Waals surface area contributed by atoms with E-state index < -0.39 is 22.0 Å². The third-order valence-electron chi connectivity index (χ3n) is 9.49. The standard InChI is InChI=1S/C42H52O3Si2/c1-9-30-42(31-35(2)32-43,33-44-46(40(3,4)5,36-22-14-10-15-23-36)37-24-16-11-17-25-37)34-45-47(41(6,7)8,38-26-18-12-19-27-38)39-28-20-13-21-29-39/h1,10-29,32,35H,30-31,33-34H2,2-8H3. The van der Waals surface area contributed by atoms with Crippen LogP contribution in [0.1, 0.15) is 61.3 Å². The molecule has 5 heteroatoms. The van der Waals surface area contributed by atoms with E-state index in [2.05, 4.69) is 169 Å². The molecule has 47 heavy (non-hydrogen) atoms. The normalized spacial score (nSPS) is 13.5. The summed E-state index contributed by atoms with van der Waals surface area (Å²) in [6, 6.07) is 42.7. The van der Waals surface area contributed by atoms with Crippen LogP contribution in [-0.4, -0.2) is 36.1 Å². The lowest BCUT2D eigenvalue weighted by Gasteiger charge is -2.48. The number of carbonyl (C=O) groups excluding carboxylic acids is 1. The summed E-state index contributed by atoms with van der Waals surface area (Å²) in [5, 5.41) is 4.45. The van der Waals surface area contributed by atoms with E-state index in [1.54, 1.807) is 0 Å². The predicted octanol–water partition coefficient (Wildman–Crippen LogP) is 7.37. The van der Waals surface area contributed by atoms with Crippen LogP contribution in [-0.2, 0) is 13.6 Å². The van der Waals surface area contributed by atoms with Gasteiger partial charge in [0, 0.05) is 31.0 Å². The second-order valence-electron chi connectivity index (χ2n) is 15.1. The molecule has 0 radical (unpaired) electrons. The first kappa shape index (κ1) is 36.3. The Morgan fingerprint density at radius 3 is 1.15 bits per heavy atom. The highest BCUT2D eigenvalue weighted by molar-refractivity contribution is 7.00. The van der Waals surface area contributed by atoms with Crippen molar-refractivity contribution in [3.8, 4) is 12.3 Å². The fourth-order valence-electron chi connectivity index (χ4n) is 7.33. The van der Waals surface area contributed by atoms with Gasteiger partial charge in [0.1, 0.15) is 6.29 Å². The van der Waals surface area contributed by atoms with Crippen molar-refractivity contribution in [1.82, 2.24) is 0 Å². The summed E-state index contributed by atoms with van der Waals surface area (Å²) in [6.45, 7) is 16.4. The fraction of sp³-hybridized carbons (Fsp3) is 0.357. The Labute approximate surface area is 286 Å². The molecule has 0 aromatic heterocycles. The van der Waals surface area contributed by atoms with E-state index in [4.69, 9.17) is 15.3 Å². The van der Waals surface area contributed by atoms with Gasteiger partial charge >= 0.3 is 0 Å². The molecule has 0 aliphatic rings. The highest BCUT2D eigenvalue weighted by Crippen LogP contribution is 2.42. The summed E-state index contributed by atoms with van der Waals surface area (Å²) < 4.78 is 15.1. The molecule has 246 valence electrons. The zero-order chi connectivity index (χ0) is 34.2. The van der Waals surface area contributed by atoms with Crippen molar-refractivity contribution in [2.75, 3.05) is 13.2 Å². The molecule has 0 bridgehead atoms. The van der Waals surface area contributed by atoms with E-state index in [1.807, 2.05) is 6.92 Å². The number of aldehydes is 1. The Balaban J connectivity index is 1.89. The van der Waals surface area contributed by atoms with Gasteiger partial charge in [0.25, 0.3) is 16.6 Å². The van der Waals surface area contributed by atoms with Gasteiger partial charge in [0.15, 0.2) is 0 Å². The van der Waals surface area contributed by atoms with Crippen LogP contribution in [0.4, 0.5) is 0 Å². The number of hydrogen-bond donors (Lipinski definition) is 0. The van der Waals surface area contributed by atoms with Gasteiger partial charge in [-0.25, -0.2) is 0 Å². The Morgan fingerprint density at radius 2 is 0.915 bits per heavy atom. The van der Waals surface area contributed by atoms with Crippen molar-refractivity contribution in [2.45, 2.75) is 71.4 Å². The zero-order valence-corrected chi connectivity index (χ0v) is 31.3. The minimum atomic E-state index is -2.89. The molecule has 0 amide bonds. The largest absolute Gasteiger partial charge is 0.407 e. The van der Waals surface area contributed by atoms with Crippen LogP contribution in [0.2, 0.25) is 10.1 Å². The molecular formula is C42H52O3Si2. The summed E-state index contributed by atoms with van der Waals surface area (Å²) in [4.78, 5) is 12.3. The van der Waals surface area contributed by atoms with E-state index in [9.17, 15) is 4.79 Å². The molecule has 0 aliphatic carbocycles. The lowest BCUT2D eigenvalue weighted by Crippen LogP contribution is -2.68. The molecule has 0 saturated heterocycles. The van der Waals surface area contributed by atoms with E-state index in [1.165, 1.54) is 20.7 Å². The highest BCUT2D eigenvalue weighted by atomic mass is 28.4. The SMILES string of the molecule is C#CCC(CO[Si](c1ccccc1)(c1ccccc1)C(C)(C)C)(CO[Si](c1ccccc1)(c1ccccc1)C(C)(C)C)CC(C)C=O. The minimum absolute atomic E-state index is 0.202. The van der Waals surface area contributed by atoms with E-state index in [0.717, 1.165) is 6.29 Å². The number of carbonyl (C=O) groups is 1. The van der Waals surface area contributed by atoms with E-state index >= 15 is 0 Å². The Bertz CT molecular complexity index is 1400. The van der Waals surface area contributed by atoms with E-state index in [-0.39, 0.29) is 16.0 Å². The molecule has 0 heterocycles. The second-order valence-corrected chi connectivity index (χ2v) is 23.7. The van der Waals surface area contributed by atoms with Crippen LogP contribution in [0.15, 0.2) is 121 Å². The number of hydrogen-bond acceptors (Lipinski definition) is 3. The molecule has 0 fully saturated rings. The summed E-state index contributed by atoms with van der Waals surface area (Å²) in [5.74, 6) is 2.79. The van der Waals surface area contributed by atoms with Gasteiger partial charge in [-0.2, -0.15) is 0 Å². The van der Waals surface area contributed by atoms with Gasteiger partial charge in [-0.1, -0.05) is 170 Å². The summed E-state index contributed by atoms with van der Waals surface area (Å²) in [6.07, 6.45) is 8.24. The number of rotatable bonds is 14. The monoisotopic (exact) mass is 660 g/mol. The lowest BCUT2D eigenvalue weighted by atomic mass is 9.79. The third kappa shape index (κ3) is 7.63. The van der Waals surface area contributed by atoms with Gasteiger partial charge < -0.3 is 13.6 Å². The van der Waals surface area contributed by atoms with Gasteiger partial charge in [-0.05, 0) is 37.2 Å². The average molecular weight is 661 g/mol. The van der Waals surface area contributed by atoms with Crippen LogP contribution in [0, 0.1) is 23.7 Å². The van der Waals surface area contributed by atoms with E-state index in [0.29, 0.717) is 26.1 Å². The molecule has 3 nitrogen and oxygen atoms in total. The fourth-order valence-corrected chi connectivity index (χ4v) is 16.7. The van der Waals surface area contributed by atoms with Crippen molar-refractivity contribution in [2.24, 2.45) is 11.3 Å². The van der Waals surface area contributed by atoms with Gasteiger partial charge in [-0.15, -0.1) is 12.3 Å². The van der Waals surface area contributed by atoms with Crippen molar-refractivity contribution < 1.29 is 13.6 Å². The molecule has 0 aliphatic heterocycles. The number of benzene rings is 4. The maximum absolute atomic E-state index is 12.3. The topological polar surface area (TPSA) is 35.5 Å². The maximum atomic E-state index is 12.3. The first-order chi connectivity index (χ1) is 22.4. The average Bonchev–Trinajstić information content (AvgIpc) is 3.06. The third-order valence-corrected chi connectivity index (χ3v) is 19.5. The molecule has 0 N–H and O–H groups in total. The summed E-state index contributed by atoms with van der Waals surface area (Å²) in [5.41, 5.74) is -0.602. The van der Waals surface area contributed by atoms with Crippen LogP contribution in [0.25, 0.3) is 0 Å². The second kappa shape index (κ2) is 15.1. The molecule has 4 aromatic rings. The van der Waals surface area contributed by atoms with Crippen LogP contribution >= 0.6 is 0 Å². The Hall–Kier alpha value is -3.54. The molecule has 1 atom stereocenters. The predicted molar refractivity (Wildman–Crippen MR) is 203 cm³/mol. The lowest BCUT2D eigenvalue weighted by molar-refractivity contribution is -0.112. The van der Waals surface area contributed by atoms with Gasteiger partial charge in [0.05, 0.1) is 0 Å². The number of terminal acetylenes is 1. The van der Waals surface area contributed by atoms with Crippen molar-refractivity contribution >= 4 is 43.7 Å². The molecule has 0 saturated carbocycles. The van der Waals surface area contributed by atoms with Crippen LogP contribution < -0.4 is 20.7 Å².